The number of aryl methyl sites for hydroxylation is 2. The summed E-state index contributed by atoms with van der Waals surface area (Å²) in [6.45, 7) is 3.69. The van der Waals surface area contributed by atoms with E-state index in [4.69, 9.17) is 0 Å². The van der Waals surface area contributed by atoms with Crippen molar-refractivity contribution in [2.45, 2.75) is 33.1 Å². The summed E-state index contributed by atoms with van der Waals surface area (Å²) >= 11 is 0. The number of alkyl halides is 3. The summed E-state index contributed by atoms with van der Waals surface area (Å²) in [6.07, 6.45) is -2.82. The second-order valence-electron chi connectivity index (χ2n) is 6.20. The summed E-state index contributed by atoms with van der Waals surface area (Å²) in [5.74, 6) is -0.175. The molecule has 1 N–H and O–H groups in total. The van der Waals surface area contributed by atoms with Crippen molar-refractivity contribution in [3.05, 3.63) is 65.1 Å². The number of carbonyl (C=O) groups excluding carboxylic acids is 1. The van der Waals surface area contributed by atoms with Crippen LogP contribution < -0.4 is 5.32 Å². The number of hydrogen-bond acceptors (Lipinski definition) is 3. The third kappa shape index (κ3) is 4.55. The number of carbonyl (C=O) groups is 1. The molecule has 1 amide bonds. The van der Waals surface area contributed by atoms with E-state index in [-0.39, 0.29) is 12.2 Å². The van der Waals surface area contributed by atoms with Gasteiger partial charge in [-0.3, -0.25) is 14.2 Å². The molecule has 6 nitrogen and oxygen atoms in total. The predicted octanol–water partition coefficient (Wildman–Crippen LogP) is 3.40. The molecular formula is C18H18F3N5O. The molecule has 2 aromatic heterocycles. The Bertz CT molecular complexity index is 958. The van der Waals surface area contributed by atoms with Crippen molar-refractivity contribution in [3.8, 4) is 0 Å². The summed E-state index contributed by atoms with van der Waals surface area (Å²) in [4.78, 5) is 12.1. The first kappa shape index (κ1) is 18.7. The zero-order valence-electron chi connectivity index (χ0n) is 14.8. The van der Waals surface area contributed by atoms with Crippen LogP contribution in [-0.2, 0) is 24.1 Å². The quantitative estimate of drug-likeness (QED) is 0.741. The van der Waals surface area contributed by atoms with Gasteiger partial charge in [0.2, 0.25) is 5.91 Å². The monoisotopic (exact) mass is 377 g/mol. The fraction of sp³-hybridized carbons (Fsp3) is 0.278. The van der Waals surface area contributed by atoms with Crippen molar-refractivity contribution < 1.29 is 18.0 Å². The van der Waals surface area contributed by atoms with Crippen LogP contribution in [0.15, 0.2) is 42.6 Å². The molecule has 0 aliphatic rings. The lowest BCUT2D eigenvalue weighted by molar-refractivity contribution is -0.141. The van der Waals surface area contributed by atoms with Crippen molar-refractivity contribution in [2.24, 2.45) is 0 Å². The maximum Gasteiger partial charge on any atom is 0.435 e. The van der Waals surface area contributed by atoms with Gasteiger partial charge < -0.3 is 5.32 Å². The van der Waals surface area contributed by atoms with Gasteiger partial charge in [0, 0.05) is 18.0 Å². The Kier molecular flexibility index (Phi) is 5.02. The van der Waals surface area contributed by atoms with Gasteiger partial charge in [-0.15, -0.1) is 0 Å². The van der Waals surface area contributed by atoms with Crippen molar-refractivity contribution in [2.75, 3.05) is 5.32 Å². The van der Waals surface area contributed by atoms with Crippen LogP contribution in [0.2, 0.25) is 0 Å². The molecule has 0 unspecified atom stereocenters. The van der Waals surface area contributed by atoms with E-state index in [1.165, 1.54) is 6.92 Å². The number of nitrogens with one attached hydrogen (secondary N) is 1. The Morgan fingerprint density at radius 2 is 1.89 bits per heavy atom. The minimum Gasteiger partial charge on any atom is -0.308 e. The summed E-state index contributed by atoms with van der Waals surface area (Å²) in [6, 6.07) is 10.4. The smallest absolute Gasteiger partial charge is 0.308 e. The molecule has 2 heterocycles. The van der Waals surface area contributed by atoms with Gasteiger partial charge in [-0.1, -0.05) is 24.3 Å². The molecule has 0 aliphatic heterocycles. The highest BCUT2D eigenvalue weighted by atomic mass is 19.4. The van der Waals surface area contributed by atoms with Crippen molar-refractivity contribution in [1.82, 2.24) is 19.6 Å². The lowest BCUT2D eigenvalue weighted by atomic mass is 10.1. The second-order valence-corrected chi connectivity index (χ2v) is 6.20. The van der Waals surface area contributed by atoms with Gasteiger partial charge in [-0.25, -0.2) is 0 Å². The second kappa shape index (κ2) is 7.26. The van der Waals surface area contributed by atoms with E-state index in [0.717, 1.165) is 21.9 Å². The Hall–Kier alpha value is -3.10. The first-order valence-corrected chi connectivity index (χ1v) is 8.22. The summed E-state index contributed by atoms with van der Waals surface area (Å²) < 4.78 is 40.8. The molecule has 0 aliphatic carbocycles. The number of rotatable bonds is 5. The van der Waals surface area contributed by atoms with Gasteiger partial charge in [-0.2, -0.15) is 23.4 Å². The lowest BCUT2D eigenvalue weighted by Gasteiger charge is -2.06. The molecule has 0 spiro atoms. The topological polar surface area (TPSA) is 64.7 Å². The molecule has 0 saturated heterocycles. The Balaban J connectivity index is 1.63. The number of aromatic nitrogens is 4. The summed E-state index contributed by atoms with van der Waals surface area (Å²) in [5.41, 5.74) is 1.47. The minimum absolute atomic E-state index is 0.252. The molecule has 0 atom stereocenters. The SMILES string of the molecule is Cc1ccccc1Cn1ccc(NC(=O)Cn2nc(C(F)(F)F)cc2C)n1. The molecule has 3 aromatic rings. The fourth-order valence-corrected chi connectivity index (χ4v) is 2.61. The summed E-state index contributed by atoms with van der Waals surface area (Å²) in [5, 5.41) is 10.3. The van der Waals surface area contributed by atoms with Crippen molar-refractivity contribution in [1.29, 1.82) is 0 Å². The highest BCUT2D eigenvalue weighted by Gasteiger charge is 2.34. The highest BCUT2D eigenvalue weighted by Crippen LogP contribution is 2.28. The van der Waals surface area contributed by atoms with Crippen LogP contribution in [0.25, 0.3) is 0 Å². The number of benzene rings is 1. The highest BCUT2D eigenvalue weighted by molar-refractivity contribution is 5.89. The number of amides is 1. The zero-order valence-corrected chi connectivity index (χ0v) is 14.8. The molecule has 0 bridgehead atoms. The Morgan fingerprint density at radius 1 is 1.15 bits per heavy atom. The number of halogens is 3. The van der Waals surface area contributed by atoms with E-state index in [0.29, 0.717) is 12.4 Å². The van der Waals surface area contributed by atoms with E-state index in [2.05, 4.69) is 15.5 Å². The third-order valence-electron chi connectivity index (χ3n) is 4.07. The van der Waals surface area contributed by atoms with Crippen LogP contribution in [0.1, 0.15) is 22.5 Å². The Morgan fingerprint density at radius 3 is 2.56 bits per heavy atom. The van der Waals surface area contributed by atoms with Gasteiger partial charge in [0.1, 0.15) is 6.54 Å². The van der Waals surface area contributed by atoms with Gasteiger partial charge in [0.15, 0.2) is 11.5 Å². The number of hydrogen-bond donors (Lipinski definition) is 1. The molecule has 9 heteroatoms. The maximum atomic E-state index is 12.7. The molecule has 0 saturated carbocycles. The Labute approximate surface area is 153 Å². The molecule has 0 radical (unpaired) electrons. The predicted molar refractivity (Wildman–Crippen MR) is 93.1 cm³/mol. The first-order valence-electron chi connectivity index (χ1n) is 8.22. The van der Waals surface area contributed by atoms with E-state index in [9.17, 15) is 18.0 Å². The molecule has 27 heavy (non-hydrogen) atoms. The lowest BCUT2D eigenvalue weighted by Crippen LogP contribution is -2.21. The first-order chi connectivity index (χ1) is 12.7. The average Bonchev–Trinajstić information content (AvgIpc) is 3.16. The molecule has 0 fully saturated rings. The summed E-state index contributed by atoms with van der Waals surface area (Å²) in [7, 11) is 0. The van der Waals surface area contributed by atoms with Gasteiger partial charge >= 0.3 is 6.18 Å². The normalized spacial score (nSPS) is 11.6. The average molecular weight is 377 g/mol. The van der Waals surface area contributed by atoms with E-state index < -0.39 is 17.8 Å². The van der Waals surface area contributed by atoms with Crippen LogP contribution in [0.3, 0.4) is 0 Å². The fourth-order valence-electron chi connectivity index (χ4n) is 2.61. The van der Waals surface area contributed by atoms with Crippen molar-refractivity contribution >= 4 is 11.7 Å². The van der Waals surface area contributed by atoms with E-state index >= 15 is 0 Å². The van der Waals surface area contributed by atoms with Crippen LogP contribution in [-0.4, -0.2) is 25.5 Å². The molecule has 142 valence electrons. The standard InChI is InChI=1S/C18H18F3N5O/c1-12-5-3-4-6-14(12)10-25-8-7-16(24-25)22-17(27)11-26-13(2)9-15(23-26)18(19,20)21/h3-9H,10-11H2,1-2H3,(H,22,24,27). The molecule has 1 aromatic carbocycles. The largest absolute Gasteiger partial charge is 0.435 e. The van der Waals surface area contributed by atoms with Crippen LogP contribution >= 0.6 is 0 Å². The maximum absolute atomic E-state index is 12.7. The van der Waals surface area contributed by atoms with Crippen molar-refractivity contribution in [3.63, 3.8) is 0 Å². The third-order valence-corrected chi connectivity index (χ3v) is 4.07. The zero-order chi connectivity index (χ0) is 19.6. The van der Waals surface area contributed by atoms with Gasteiger partial charge in [0.25, 0.3) is 0 Å². The molecule has 3 rings (SSSR count). The van der Waals surface area contributed by atoms with Gasteiger partial charge in [-0.05, 0) is 31.0 Å². The van der Waals surface area contributed by atoms with Crippen LogP contribution in [0, 0.1) is 13.8 Å². The van der Waals surface area contributed by atoms with E-state index in [1.807, 2.05) is 31.2 Å². The minimum atomic E-state index is -4.54. The number of nitrogens with zero attached hydrogens (tertiary/aromatic N) is 4. The van der Waals surface area contributed by atoms with E-state index in [1.54, 1.807) is 16.9 Å². The van der Waals surface area contributed by atoms with Crippen LogP contribution in [0.4, 0.5) is 19.0 Å². The van der Waals surface area contributed by atoms with Gasteiger partial charge in [0.05, 0.1) is 6.54 Å². The molecular weight excluding hydrogens is 359 g/mol. The number of anilines is 1. The van der Waals surface area contributed by atoms with Crippen LogP contribution in [0.5, 0.6) is 0 Å².